The van der Waals surface area contributed by atoms with Crippen LogP contribution in [0.5, 0.6) is 0 Å². The zero-order valence-corrected chi connectivity index (χ0v) is 16.7. The molecule has 0 bridgehead atoms. The number of amides is 1. The standard InChI is InChI=1S/C20H21ClFN5O/c1-4-26-14(3)15(11-23-26)8-9-20(28)24-19-10-13(2)27(25-19)12-16-17(21)6-5-7-18(16)22/h5-11H,4,12H2,1-3H3,(H,24,25,28)/b9-8+. The fraction of sp³-hybridized carbons (Fsp3) is 0.250. The number of hydrogen-bond donors (Lipinski definition) is 1. The normalized spacial score (nSPS) is 11.3. The molecular weight excluding hydrogens is 381 g/mol. The topological polar surface area (TPSA) is 64.7 Å². The molecule has 0 unspecified atom stereocenters. The van der Waals surface area contributed by atoms with Crippen LogP contribution in [0.2, 0.25) is 5.02 Å². The van der Waals surface area contributed by atoms with Gasteiger partial charge in [-0.2, -0.15) is 10.2 Å². The van der Waals surface area contributed by atoms with Gasteiger partial charge >= 0.3 is 0 Å². The fourth-order valence-corrected chi connectivity index (χ4v) is 3.06. The number of carbonyl (C=O) groups excluding carboxylic acids is 1. The average Bonchev–Trinajstić information content (AvgIpc) is 3.18. The summed E-state index contributed by atoms with van der Waals surface area (Å²) in [6.45, 7) is 6.74. The molecule has 1 aromatic carbocycles. The van der Waals surface area contributed by atoms with Crippen molar-refractivity contribution in [2.75, 3.05) is 5.32 Å². The number of hydrogen-bond acceptors (Lipinski definition) is 3. The smallest absolute Gasteiger partial charge is 0.249 e. The second kappa shape index (κ2) is 8.39. The Balaban J connectivity index is 1.70. The van der Waals surface area contributed by atoms with Crippen molar-refractivity contribution in [3.63, 3.8) is 0 Å². The summed E-state index contributed by atoms with van der Waals surface area (Å²) >= 11 is 6.08. The van der Waals surface area contributed by atoms with Crippen molar-refractivity contribution in [1.29, 1.82) is 0 Å². The lowest BCUT2D eigenvalue weighted by molar-refractivity contribution is -0.111. The van der Waals surface area contributed by atoms with Gasteiger partial charge in [-0.3, -0.25) is 14.2 Å². The number of benzene rings is 1. The summed E-state index contributed by atoms with van der Waals surface area (Å²) in [6, 6.07) is 6.27. The number of nitrogens with one attached hydrogen (secondary N) is 1. The molecule has 1 N–H and O–H groups in total. The van der Waals surface area contributed by atoms with Gasteiger partial charge in [0.05, 0.1) is 12.7 Å². The molecule has 0 radical (unpaired) electrons. The van der Waals surface area contributed by atoms with Crippen molar-refractivity contribution in [2.45, 2.75) is 33.9 Å². The van der Waals surface area contributed by atoms with Gasteiger partial charge in [0.1, 0.15) is 5.82 Å². The predicted octanol–water partition coefficient (Wildman–Crippen LogP) is 4.21. The molecule has 0 atom stereocenters. The van der Waals surface area contributed by atoms with E-state index < -0.39 is 0 Å². The van der Waals surface area contributed by atoms with E-state index in [0.717, 1.165) is 23.5 Å². The maximum absolute atomic E-state index is 14.0. The Morgan fingerprint density at radius 3 is 2.79 bits per heavy atom. The Hall–Kier alpha value is -2.93. The number of anilines is 1. The number of halogens is 2. The van der Waals surface area contributed by atoms with Crippen LogP contribution < -0.4 is 5.32 Å². The van der Waals surface area contributed by atoms with E-state index in [9.17, 15) is 9.18 Å². The number of rotatable bonds is 6. The Morgan fingerprint density at radius 2 is 2.11 bits per heavy atom. The fourth-order valence-electron chi connectivity index (χ4n) is 2.84. The molecule has 8 heteroatoms. The highest BCUT2D eigenvalue weighted by atomic mass is 35.5. The second-order valence-electron chi connectivity index (χ2n) is 6.35. The summed E-state index contributed by atoms with van der Waals surface area (Å²) in [5.74, 6) is -0.309. The van der Waals surface area contributed by atoms with E-state index in [1.807, 2.05) is 25.5 Å². The lowest BCUT2D eigenvalue weighted by Gasteiger charge is -2.07. The van der Waals surface area contributed by atoms with Gasteiger partial charge in [-0.25, -0.2) is 4.39 Å². The molecule has 2 heterocycles. The summed E-state index contributed by atoms with van der Waals surface area (Å²) in [7, 11) is 0. The third-order valence-electron chi connectivity index (χ3n) is 4.46. The van der Waals surface area contributed by atoms with Crippen LogP contribution in [-0.4, -0.2) is 25.5 Å². The molecule has 2 aromatic heterocycles. The predicted molar refractivity (Wildman–Crippen MR) is 108 cm³/mol. The molecule has 0 aliphatic carbocycles. The molecule has 6 nitrogen and oxygen atoms in total. The summed E-state index contributed by atoms with van der Waals surface area (Å²) in [5, 5.41) is 11.6. The van der Waals surface area contributed by atoms with Crippen LogP contribution in [0.1, 0.15) is 29.4 Å². The lowest BCUT2D eigenvalue weighted by atomic mass is 10.2. The van der Waals surface area contributed by atoms with Gasteiger partial charge in [-0.15, -0.1) is 0 Å². The van der Waals surface area contributed by atoms with Crippen molar-refractivity contribution in [2.24, 2.45) is 0 Å². The quantitative estimate of drug-likeness (QED) is 0.629. The highest BCUT2D eigenvalue weighted by molar-refractivity contribution is 6.31. The van der Waals surface area contributed by atoms with Crippen molar-refractivity contribution in [1.82, 2.24) is 19.6 Å². The monoisotopic (exact) mass is 401 g/mol. The Kier molecular flexibility index (Phi) is 5.94. The maximum atomic E-state index is 14.0. The molecule has 3 rings (SSSR count). The minimum atomic E-state index is -0.390. The zero-order valence-electron chi connectivity index (χ0n) is 15.9. The van der Waals surface area contributed by atoms with E-state index in [4.69, 9.17) is 11.6 Å². The zero-order chi connectivity index (χ0) is 20.3. The highest BCUT2D eigenvalue weighted by Gasteiger charge is 2.12. The Morgan fingerprint density at radius 1 is 1.32 bits per heavy atom. The number of aryl methyl sites for hydroxylation is 2. The molecule has 28 heavy (non-hydrogen) atoms. The van der Waals surface area contributed by atoms with Crippen LogP contribution in [0.15, 0.2) is 36.5 Å². The summed E-state index contributed by atoms with van der Waals surface area (Å²) in [6.07, 6.45) is 4.87. The van der Waals surface area contributed by atoms with E-state index in [0.29, 0.717) is 16.4 Å². The van der Waals surface area contributed by atoms with Gasteiger partial charge in [0.15, 0.2) is 5.82 Å². The molecule has 0 spiro atoms. The van der Waals surface area contributed by atoms with Crippen LogP contribution in [0.25, 0.3) is 6.08 Å². The van der Waals surface area contributed by atoms with Crippen LogP contribution in [-0.2, 0) is 17.9 Å². The van der Waals surface area contributed by atoms with Crippen LogP contribution in [0, 0.1) is 19.7 Å². The van der Waals surface area contributed by atoms with Gasteiger partial charge in [0.2, 0.25) is 5.91 Å². The van der Waals surface area contributed by atoms with E-state index in [2.05, 4.69) is 15.5 Å². The first-order valence-corrected chi connectivity index (χ1v) is 9.25. The van der Waals surface area contributed by atoms with Gasteiger partial charge in [0.25, 0.3) is 0 Å². The Labute approximate surface area is 167 Å². The average molecular weight is 402 g/mol. The minimum Gasteiger partial charge on any atom is -0.306 e. The molecule has 0 fully saturated rings. The molecule has 0 aliphatic rings. The van der Waals surface area contributed by atoms with Crippen LogP contribution in [0.3, 0.4) is 0 Å². The van der Waals surface area contributed by atoms with Crippen molar-refractivity contribution in [3.8, 4) is 0 Å². The first kappa shape index (κ1) is 19.8. The number of nitrogens with zero attached hydrogens (tertiary/aromatic N) is 4. The van der Waals surface area contributed by atoms with E-state index in [1.54, 1.807) is 35.2 Å². The molecule has 3 aromatic rings. The van der Waals surface area contributed by atoms with E-state index in [1.165, 1.54) is 12.1 Å². The third-order valence-corrected chi connectivity index (χ3v) is 4.81. The maximum Gasteiger partial charge on any atom is 0.249 e. The largest absolute Gasteiger partial charge is 0.306 e. The SMILES string of the molecule is CCn1ncc(/C=C/C(=O)Nc2cc(C)n(Cc3c(F)cccc3Cl)n2)c1C. The number of carbonyl (C=O) groups is 1. The summed E-state index contributed by atoms with van der Waals surface area (Å²) < 4.78 is 17.4. The molecule has 0 aliphatic heterocycles. The Bertz CT molecular complexity index is 1020. The molecule has 1 amide bonds. The third kappa shape index (κ3) is 4.31. The second-order valence-corrected chi connectivity index (χ2v) is 6.76. The van der Waals surface area contributed by atoms with Gasteiger partial charge < -0.3 is 5.32 Å². The molecule has 0 saturated heterocycles. The van der Waals surface area contributed by atoms with Crippen molar-refractivity contribution >= 4 is 29.4 Å². The molecule has 146 valence electrons. The highest BCUT2D eigenvalue weighted by Crippen LogP contribution is 2.21. The van der Waals surface area contributed by atoms with Gasteiger partial charge in [-0.05, 0) is 39.0 Å². The number of aromatic nitrogens is 4. The summed E-state index contributed by atoms with van der Waals surface area (Å²) in [4.78, 5) is 12.2. The van der Waals surface area contributed by atoms with Crippen LogP contribution >= 0.6 is 11.6 Å². The molecular formula is C20H21ClFN5O. The molecule has 0 saturated carbocycles. The van der Waals surface area contributed by atoms with Crippen LogP contribution in [0.4, 0.5) is 10.2 Å². The van der Waals surface area contributed by atoms with Gasteiger partial charge in [0, 0.05) is 46.2 Å². The first-order chi connectivity index (χ1) is 13.4. The lowest BCUT2D eigenvalue weighted by Crippen LogP contribution is -2.10. The van der Waals surface area contributed by atoms with E-state index in [-0.39, 0.29) is 18.3 Å². The summed E-state index contributed by atoms with van der Waals surface area (Å²) in [5.41, 5.74) is 3.01. The first-order valence-electron chi connectivity index (χ1n) is 8.87. The van der Waals surface area contributed by atoms with Gasteiger partial charge in [-0.1, -0.05) is 17.7 Å². The van der Waals surface area contributed by atoms with E-state index >= 15 is 0 Å². The van der Waals surface area contributed by atoms with Crippen molar-refractivity contribution in [3.05, 3.63) is 69.9 Å². The minimum absolute atomic E-state index is 0.179. The van der Waals surface area contributed by atoms with Crippen molar-refractivity contribution < 1.29 is 9.18 Å².